The van der Waals surface area contributed by atoms with Crippen LogP contribution in [0.4, 0.5) is 0 Å². The molecule has 0 aliphatic carbocycles. The van der Waals surface area contributed by atoms with E-state index in [0.29, 0.717) is 5.56 Å². The summed E-state index contributed by atoms with van der Waals surface area (Å²) in [6.45, 7) is 0. The van der Waals surface area contributed by atoms with E-state index in [1.54, 1.807) is 24.3 Å². The van der Waals surface area contributed by atoms with E-state index in [2.05, 4.69) is 5.32 Å². The van der Waals surface area contributed by atoms with E-state index in [-0.39, 0.29) is 12.9 Å². The first-order chi connectivity index (χ1) is 5.34. The van der Waals surface area contributed by atoms with Gasteiger partial charge in [0.25, 0.3) is 5.91 Å². The molecular formula is C8H9NO. The molecule has 1 aromatic carbocycles. The Bertz CT molecular complexity index is 235. The molecule has 0 aliphatic rings. The van der Waals surface area contributed by atoms with Gasteiger partial charge in [0.15, 0.2) is 0 Å². The molecule has 0 atom stereocenters. The molecule has 2 heteroatoms. The molecule has 0 unspecified atom stereocenters. The number of hydrogen-bond acceptors (Lipinski definition) is 1. The lowest BCUT2D eigenvalue weighted by Crippen LogP contribution is -2.17. The smallest absolute Gasteiger partial charge is 0.251 e. The summed E-state index contributed by atoms with van der Waals surface area (Å²) in [6, 6.07) is 8.85. The van der Waals surface area contributed by atoms with Gasteiger partial charge in [0.2, 0.25) is 0 Å². The molecular weight excluding hydrogens is 126 g/mol. The number of carbonyl (C=O) groups is 1. The van der Waals surface area contributed by atoms with E-state index in [9.17, 15) is 4.79 Å². The lowest BCUT2D eigenvalue weighted by atomic mass is 10.2. The van der Waals surface area contributed by atoms with Crippen molar-refractivity contribution in [1.82, 2.24) is 5.32 Å². The summed E-state index contributed by atoms with van der Waals surface area (Å²) < 4.78 is 6.75. The van der Waals surface area contributed by atoms with Gasteiger partial charge in [-0.15, -0.1) is 0 Å². The highest BCUT2D eigenvalue weighted by Crippen LogP contribution is 1.96. The summed E-state index contributed by atoms with van der Waals surface area (Å²) in [4.78, 5) is 11.0. The van der Waals surface area contributed by atoms with Crippen LogP contribution in [-0.4, -0.2) is 12.9 Å². The van der Waals surface area contributed by atoms with Crippen LogP contribution in [0.2, 0.25) is 0 Å². The maximum Gasteiger partial charge on any atom is 0.251 e. The third-order valence-corrected chi connectivity index (χ3v) is 1.20. The number of hydrogen-bond donors (Lipinski definition) is 1. The van der Waals surface area contributed by atoms with Crippen molar-refractivity contribution in [3.63, 3.8) is 0 Å². The van der Waals surface area contributed by atoms with Gasteiger partial charge in [-0.2, -0.15) is 0 Å². The molecule has 0 aliphatic heterocycles. The molecule has 2 nitrogen and oxygen atoms in total. The zero-order valence-electron chi connectivity index (χ0n) is 6.50. The van der Waals surface area contributed by atoms with Crippen LogP contribution in [0.25, 0.3) is 0 Å². The van der Waals surface area contributed by atoms with Crippen LogP contribution in [0.3, 0.4) is 0 Å². The zero-order valence-corrected chi connectivity index (χ0v) is 5.50. The Labute approximate surface area is 61.3 Å². The van der Waals surface area contributed by atoms with Gasteiger partial charge in [-0.25, -0.2) is 0 Å². The van der Waals surface area contributed by atoms with Crippen LogP contribution in [0.15, 0.2) is 30.3 Å². The SMILES string of the molecule is [2H]CNC(=O)c1ccccc1. The van der Waals surface area contributed by atoms with Crippen molar-refractivity contribution in [2.24, 2.45) is 0 Å². The van der Waals surface area contributed by atoms with Crippen LogP contribution in [0, 0.1) is 0 Å². The average molecular weight is 136 g/mol. The number of benzene rings is 1. The molecule has 1 amide bonds. The second-order valence-electron chi connectivity index (χ2n) is 1.87. The van der Waals surface area contributed by atoms with E-state index in [4.69, 9.17) is 1.37 Å². The highest BCUT2D eigenvalue weighted by atomic mass is 16.1. The molecule has 0 fully saturated rings. The average Bonchev–Trinajstić information content (AvgIpc) is 2.07. The van der Waals surface area contributed by atoms with Crippen molar-refractivity contribution in [2.75, 3.05) is 7.02 Å². The van der Waals surface area contributed by atoms with Gasteiger partial charge >= 0.3 is 0 Å². The molecule has 0 heterocycles. The van der Waals surface area contributed by atoms with Crippen molar-refractivity contribution in [1.29, 1.82) is 0 Å². The minimum atomic E-state index is -0.194. The number of rotatable bonds is 1. The van der Waals surface area contributed by atoms with Gasteiger partial charge in [-0.3, -0.25) is 4.79 Å². The minimum absolute atomic E-state index is 0.0757. The minimum Gasteiger partial charge on any atom is -0.355 e. The summed E-state index contributed by atoms with van der Waals surface area (Å²) in [6.07, 6.45) is 0. The molecule has 0 aromatic heterocycles. The van der Waals surface area contributed by atoms with E-state index in [1.807, 2.05) is 6.07 Å². The Balaban J connectivity index is 2.69. The molecule has 0 bridgehead atoms. The van der Waals surface area contributed by atoms with Crippen molar-refractivity contribution in [3.8, 4) is 0 Å². The van der Waals surface area contributed by atoms with E-state index >= 15 is 0 Å². The molecule has 0 spiro atoms. The fraction of sp³-hybridized carbons (Fsp3) is 0.125. The topological polar surface area (TPSA) is 29.1 Å². The Morgan fingerprint density at radius 2 is 2.20 bits per heavy atom. The molecule has 52 valence electrons. The van der Waals surface area contributed by atoms with Crippen LogP contribution < -0.4 is 5.32 Å². The quantitative estimate of drug-likeness (QED) is 0.614. The summed E-state index contributed by atoms with van der Waals surface area (Å²) in [5.74, 6) is -0.194. The van der Waals surface area contributed by atoms with Crippen LogP contribution in [0.5, 0.6) is 0 Å². The van der Waals surface area contributed by atoms with E-state index in [0.717, 1.165) is 0 Å². The second-order valence-corrected chi connectivity index (χ2v) is 1.87. The monoisotopic (exact) mass is 136 g/mol. The van der Waals surface area contributed by atoms with Crippen molar-refractivity contribution < 1.29 is 6.17 Å². The maximum atomic E-state index is 11.0. The third-order valence-electron chi connectivity index (χ3n) is 1.20. The molecule has 10 heavy (non-hydrogen) atoms. The Morgan fingerprint density at radius 3 is 2.80 bits per heavy atom. The molecule has 1 rings (SSSR count). The highest BCUT2D eigenvalue weighted by molar-refractivity contribution is 5.93. The third kappa shape index (κ3) is 1.35. The van der Waals surface area contributed by atoms with Gasteiger partial charge < -0.3 is 5.32 Å². The summed E-state index contributed by atoms with van der Waals surface area (Å²) in [5, 5.41) is 2.39. The molecule has 0 saturated heterocycles. The van der Waals surface area contributed by atoms with Gasteiger partial charge in [0, 0.05) is 14.0 Å². The zero-order chi connectivity index (χ0) is 8.10. The van der Waals surface area contributed by atoms with Gasteiger partial charge in [-0.1, -0.05) is 18.2 Å². The number of carbonyl (C=O) groups excluding carboxylic acids is 1. The maximum absolute atomic E-state index is 11.0. The lowest BCUT2D eigenvalue weighted by Gasteiger charge is -1.96. The van der Waals surface area contributed by atoms with Gasteiger partial charge in [0.1, 0.15) is 0 Å². The van der Waals surface area contributed by atoms with Crippen molar-refractivity contribution in [2.45, 2.75) is 0 Å². The number of amides is 1. The normalized spacial score (nSPS) is 10.2. The van der Waals surface area contributed by atoms with Crippen LogP contribution in [-0.2, 0) is 0 Å². The Hall–Kier alpha value is -1.31. The fourth-order valence-electron chi connectivity index (χ4n) is 0.692. The van der Waals surface area contributed by atoms with Gasteiger partial charge in [-0.05, 0) is 12.1 Å². The first-order valence-electron chi connectivity index (χ1n) is 3.68. The predicted molar refractivity (Wildman–Crippen MR) is 39.8 cm³/mol. The Morgan fingerprint density at radius 1 is 1.50 bits per heavy atom. The van der Waals surface area contributed by atoms with Crippen molar-refractivity contribution >= 4 is 5.91 Å². The van der Waals surface area contributed by atoms with Gasteiger partial charge in [0.05, 0.1) is 0 Å². The summed E-state index contributed by atoms with van der Waals surface area (Å²) in [7, 11) is -0.0757. The molecule has 1 N–H and O–H groups in total. The summed E-state index contributed by atoms with van der Waals surface area (Å²) >= 11 is 0. The fourth-order valence-corrected chi connectivity index (χ4v) is 0.692. The van der Waals surface area contributed by atoms with Crippen LogP contribution >= 0.6 is 0 Å². The van der Waals surface area contributed by atoms with E-state index in [1.165, 1.54) is 0 Å². The lowest BCUT2D eigenvalue weighted by molar-refractivity contribution is 0.0963. The van der Waals surface area contributed by atoms with Crippen LogP contribution in [0.1, 0.15) is 11.7 Å². The first-order valence-corrected chi connectivity index (χ1v) is 2.97. The highest BCUT2D eigenvalue weighted by Gasteiger charge is 1.97. The second kappa shape index (κ2) is 3.01. The molecule has 0 saturated carbocycles. The standard InChI is InChI=1S/C8H9NO/c1-9-8(10)7-5-3-2-4-6-7/h2-6H,1H3,(H,9,10)/i1D. The largest absolute Gasteiger partial charge is 0.355 e. The Kier molecular flexibility index (Phi) is 1.65. The molecule has 1 aromatic rings. The predicted octanol–water partition coefficient (Wildman–Crippen LogP) is 1.05. The number of nitrogens with one attached hydrogen (secondary N) is 1. The van der Waals surface area contributed by atoms with Crippen molar-refractivity contribution in [3.05, 3.63) is 35.9 Å². The molecule has 0 radical (unpaired) electrons. The first kappa shape index (κ1) is 5.47. The summed E-state index contributed by atoms with van der Waals surface area (Å²) in [5.41, 5.74) is 0.597. The van der Waals surface area contributed by atoms with E-state index < -0.39 is 0 Å².